The van der Waals surface area contributed by atoms with Gasteiger partial charge in [0, 0.05) is 16.1 Å². The number of aromatic carboxylic acids is 2. The minimum Gasteiger partial charge on any atom is -0.508 e. The standard InChI is InChI=1S/C34H29N7O8S3/c1-14-9-24(43)41(32(44)19(35)10-16-3-5-17(42)6-4-16)27(14)31-38-22(12-52-31)30-37-21(11-50-30)26-18(28-40-25(34(47)48)15(2)49-28)7-8-20(36-26)29-39-23(13-51-29)33(45)46/h3-8,11-14,19,24,27,42-43H,9-10,35H2,1-2H3,(H,45,46)(H,47,48). The molecule has 0 spiro atoms. The maximum Gasteiger partial charge on any atom is 0.358 e. The molecule has 7 rings (SSSR count). The lowest BCUT2D eigenvalue weighted by atomic mass is 10.0. The van der Waals surface area contributed by atoms with Gasteiger partial charge in [-0.15, -0.1) is 34.0 Å². The van der Waals surface area contributed by atoms with Crippen molar-refractivity contribution < 1.29 is 39.2 Å². The van der Waals surface area contributed by atoms with Gasteiger partial charge in [0.25, 0.3) is 0 Å². The minimum absolute atomic E-state index is 0.0157. The van der Waals surface area contributed by atoms with Crippen LogP contribution in [0, 0.1) is 12.8 Å². The third-order valence-corrected chi connectivity index (χ3v) is 11.2. The van der Waals surface area contributed by atoms with Crippen LogP contribution in [0.15, 0.2) is 57.0 Å². The van der Waals surface area contributed by atoms with Gasteiger partial charge in [-0.05, 0) is 55.5 Å². The number of amides is 1. The van der Waals surface area contributed by atoms with E-state index >= 15 is 0 Å². The summed E-state index contributed by atoms with van der Waals surface area (Å²) in [4.78, 5) is 61.0. The normalized spacial score (nSPS) is 17.8. The Morgan fingerprint density at radius 3 is 2.31 bits per heavy atom. The van der Waals surface area contributed by atoms with Crippen LogP contribution in [0.3, 0.4) is 0 Å². The molecule has 266 valence electrons. The number of likely N-dealkylation sites (tertiary alicyclic amines) is 1. The number of aromatic nitrogens is 5. The molecule has 52 heavy (non-hydrogen) atoms. The van der Waals surface area contributed by atoms with Crippen LogP contribution in [0.5, 0.6) is 5.75 Å². The number of carbonyl (C=O) groups is 3. The van der Waals surface area contributed by atoms with E-state index in [1.54, 1.807) is 29.6 Å². The van der Waals surface area contributed by atoms with E-state index in [-0.39, 0.29) is 41.1 Å². The number of carboxylic acids is 2. The number of phenols is 1. The number of nitrogens with zero attached hydrogens (tertiary/aromatic N) is 6. The molecule has 0 radical (unpaired) electrons. The molecule has 4 atom stereocenters. The number of carboxylic acid groups (broad SMARTS) is 2. The molecule has 1 saturated heterocycles. The van der Waals surface area contributed by atoms with Crippen molar-refractivity contribution in [1.29, 1.82) is 0 Å². The Hall–Kier alpha value is -5.40. The van der Waals surface area contributed by atoms with Crippen LogP contribution in [0.25, 0.3) is 44.2 Å². The molecular weight excluding hydrogens is 731 g/mol. The fourth-order valence-electron chi connectivity index (χ4n) is 6.01. The summed E-state index contributed by atoms with van der Waals surface area (Å²) in [5.74, 6) is -2.72. The topological polar surface area (TPSA) is 239 Å². The van der Waals surface area contributed by atoms with Gasteiger partial charge in [-0.25, -0.2) is 34.5 Å². The van der Waals surface area contributed by atoms with Crippen LogP contribution in [0.2, 0.25) is 0 Å². The first-order chi connectivity index (χ1) is 24.9. The molecular formula is C34H29N7O8S3. The zero-order valence-corrected chi connectivity index (χ0v) is 29.8. The van der Waals surface area contributed by atoms with Crippen molar-refractivity contribution in [2.24, 2.45) is 11.7 Å². The molecule has 1 fully saturated rings. The first-order valence-electron chi connectivity index (χ1n) is 15.7. The van der Waals surface area contributed by atoms with Crippen LogP contribution < -0.4 is 5.73 Å². The van der Waals surface area contributed by atoms with Crippen molar-refractivity contribution in [3.05, 3.63) is 80.3 Å². The number of phenolic OH excluding ortho intramolecular Hbond substituents is 1. The van der Waals surface area contributed by atoms with Gasteiger partial charge < -0.3 is 35.5 Å². The molecule has 6 heterocycles. The molecule has 1 aliphatic heterocycles. The molecule has 1 aromatic carbocycles. The lowest BCUT2D eigenvalue weighted by Gasteiger charge is -2.30. The van der Waals surface area contributed by atoms with E-state index in [2.05, 4.69) is 9.97 Å². The van der Waals surface area contributed by atoms with E-state index in [1.165, 1.54) is 52.0 Å². The highest BCUT2D eigenvalue weighted by molar-refractivity contribution is 7.14. The fraction of sp³-hybridized carbons (Fsp3) is 0.235. The summed E-state index contributed by atoms with van der Waals surface area (Å²) in [6.45, 7) is 3.44. The largest absolute Gasteiger partial charge is 0.508 e. The number of aromatic hydroxyl groups is 1. The van der Waals surface area contributed by atoms with Crippen LogP contribution in [0.1, 0.15) is 56.7 Å². The number of hydrogen-bond donors (Lipinski definition) is 5. The van der Waals surface area contributed by atoms with E-state index < -0.39 is 36.2 Å². The highest BCUT2D eigenvalue weighted by Gasteiger charge is 2.44. The smallest absolute Gasteiger partial charge is 0.358 e. The van der Waals surface area contributed by atoms with Crippen molar-refractivity contribution >= 4 is 51.9 Å². The highest BCUT2D eigenvalue weighted by Crippen LogP contribution is 2.43. The maximum absolute atomic E-state index is 13.6. The Bertz CT molecular complexity index is 2310. The van der Waals surface area contributed by atoms with E-state index in [0.29, 0.717) is 49.8 Å². The molecule has 0 saturated carbocycles. The van der Waals surface area contributed by atoms with E-state index in [0.717, 1.165) is 16.9 Å². The zero-order chi connectivity index (χ0) is 36.8. The van der Waals surface area contributed by atoms with Gasteiger partial charge in [0.2, 0.25) is 11.8 Å². The van der Waals surface area contributed by atoms with Gasteiger partial charge in [-0.2, -0.15) is 0 Å². The lowest BCUT2D eigenvalue weighted by molar-refractivity contribution is -0.142. The van der Waals surface area contributed by atoms with Crippen molar-refractivity contribution in [3.63, 3.8) is 0 Å². The summed E-state index contributed by atoms with van der Waals surface area (Å²) in [5.41, 5.74) is 8.71. The summed E-state index contributed by atoms with van der Waals surface area (Å²) in [6.07, 6.45) is -0.473. The quantitative estimate of drug-likeness (QED) is 0.119. The lowest BCUT2D eigenvalue weighted by Crippen LogP contribution is -2.48. The van der Waals surface area contributed by atoms with Gasteiger partial charge >= 0.3 is 11.9 Å². The average Bonchev–Trinajstić information content (AvgIpc) is 3.95. The Labute approximate surface area is 306 Å². The predicted molar refractivity (Wildman–Crippen MR) is 191 cm³/mol. The van der Waals surface area contributed by atoms with Crippen LogP contribution in [0.4, 0.5) is 0 Å². The number of benzene rings is 1. The second kappa shape index (κ2) is 14.0. The maximum atomic E-state index is 13.6. The summed E-state index contributed by atoms with van der Waals surface area (Å²) < 4.78 is 5.73. The molecule has 0 bridgehead atoms. The number of hydrogen-bond acceptors (Lipinski definition) is 15. The SMILES string of the molecule is Cc1oc(-c2ccc(-c3nc(C(=O)O)cs3)nc2-c2csc(-c3csc(C4C(C)CC(O)N4C(=O)C(N)Cc4ccc(O)cc4)n3)n2)nc1C(=O)O. The number of aliphatic hydroxyl groups excluding tert-OH is 1. The molecule has 0 aliphatic carbocycles. The van der Waals surface area contributed by atoms with E-state index in [4.69, 9.17) is 25.1 Å². The minimum atomic E-state index is -1.25. The number of aliphatic hydroxyl groups is 1. The summed E-state index contributed by atoms with van der Waals surface area (Å²) in [6, 6.07) is 8.25. The molecule has 1 amide bonds. The van der Waals surface area contributed by atoms with E-state index in [1.807, 2.05) is 12.3 Å². The number of oxazole rings is 1. The zero-order valence-electron chi connectivity index (χ0n) is 27.3. The first kappa shape index (κ1) is 35.0. The third-order valence-electron chi connectivity index (χ3n) is 8.51. The Kier molecular flexibility index (Phi) is 9.40. The second-order valence-corrected chi connectivity index (χ2v) is 14.7. The third kappa shape index (κ3) is 6.69. The van der Waals surface area contributed by atoms with Crippen molar-refractivity contribution in [1.82, 2.24) is 29.8 Å². The summed E-state index contributed by atoms with van der Waals surface area (Å²) >= 11 is 3.73. The number of thiazole rings is 3. The summed E-state index contributed by atoms with van der Waals surface area (Å²) in [7, 11) is 0. The van der Waals surface area contributed by atoms with Gasteiger partial charge in [-0.1, -0.05) is 19.1 Å². The summed E-state index contributed by atoms with van der Waals surface area (Å²) in [5, 5.41) is 46.0. The van der Waals surface area contributed by atoms with Crippen LogP contribution >= 0.6 is 34.0 Å². The Morgan fingerprint density at radius 1 is 0.904 bits per heavy atom. The molecule has 4 unspecified atom stereocenters. The monoisotopic (exact) mass is 759 g/mol. The molecule has 5 aromatic heterocycles. The van der Waals surface area contributed by atoms with Crippen molar-refractivity contribution in [3.8, 4) is 50.0 Å². The van der Waals surface area contributed by atoms with Crippen molar-refractivity contribution in [2.75, 3.05) is 0 Å². The number of carbonyl (C=O) groups excluding carboxylic acids is 1. The first-order valence-corrected chi connectivity index (χ1v) is 18.4. The highest BCUT2D eigenvalue weighted by atomic mass is 32.1. The van der Waals surface area contributed by atoms with Crippen molar-refractivity contribution in [2.45, 2.75) is 45.0 Å². The van der Waals surface area contributed by atoms with Crippen LogP contribution in [-0.4, -0.2) is 80.4 Å². The number of rotatable bonds is 10. The molecule has 1 aliphatic rings. The Balaban J connectivity index is 1.20. The molecule has 18 heteroatoms. The van der Waals surface area contributed by atoms with Gasteiger partial charge in [0.15, 0.2) is 11.4 Å². The second-order valence-electron chi connectivity index (χ2n) is 12.1. The number of pyridine rings is 1. The number of aryl methyl sites for hydroxylation is 1. The fourth-order valence-corrected chi connectivity index (χ4v) is 8.65. The van der Waals surface area contributed by atoms with Crippen LogP contribution in [-0.2, 0) is 11.2 Å². The molecule has 6 aromatic rings. The van der Waals surface area contributed by atoms with Gasteiger partial charge in [-0.3, -0.25) is 4.79 Å². The predicted octanol–water partition coefficient (Wildman–Crippen LogP) is 5.32. The number of nitrogens with two attached hydrogens (primary N) is 1. The molecule has 15 nitrogen and oxygen atoms in total. The van der Waals surface area contributed by atoms with Gasteiger partial charge in [0.1, 0.15) is 49.8 Å². The average molecular weight is 760 g/mol. The van der Waals surface area contributed by atoms with Gasteiger partial charge in [0.05, 0.1) is 23.3 Å². The van der Waals surface area contributed by atoms with E-state index in [9.17, 15) is 34.8 Å². The molecule has 6 N–H and O–H groups in total. The Morgan fingerprint density at radius 2 is 1.62 bits per heavy atom.